The highest BCUT2D eigenvalue weighted by Crippen LogP contribution is 2.32. The summed E-state index contributed by atoms with van der Waals surface area (Å²) >= 11 is 0. The number of nitrogens with zero attached hydrogens (tertiary/aromatic N) is 5. The second-order valence-corrected chi connectivity index (χ2v) is 6.95. The molecule has 1 saturated heterocycles. The smallest absolute Gasteiger partial charge is 0.356 e. The quantitative estimate of drug-likeness (QED) is 0.813. The first-order valence-electron chi connectivity index (χ1n) is 8.79. The van der Waals surface area contributed by atoms with Gasteiger partial charge in [0.2, 0.25) is 0 Å². The molecule has 1 aliphatic rings. The second-order valence-electron chi connectivity index (χ2n) is 6.95. The van der Waals surface area contributed by atoms with Crippen LogP contribution in [-0.4, -0.2) is 53.2 Å². The van der Waals surface area contributed by atoms with Gasteiger partial charge in [0, 0.05) is 44.5 Å². The van der Waals surface area contributed by atoms with Gasteiger partial charge in [-0.15, -0.1) is 0 Å². The van der Waals surface area contributed by atoms with Crippen LogP contribution in [0.15, 0.2) is 30.6 Å². The summed E-state index contributed by atoms with van der Waals surface area (Å²) in [6, 6.07) is 4.09. The molecule has 1 aliphatic heterocycles. The van der Waals surface area contributed by atoms with E-state index in [-0.39, 0.29) is 5.92 Å². The molecule has 26 heavy (non-hydrogen) atoms. The fourth-order valence-electron chi connectivity index (χ4n) is 3.33. The molecule has 0 radical (unpaired) electrons. The van der Waals surface area contributed by atoms with E-state index in [0.29, 0.717) is 18.9 Å². The second kappa shape index (κ2) is 7.65. The molecule has 3 rings (SSSR count). The third-order valence-corrected chi connectivity index (χ3v) is 4.67. The zero-order chi connectivity index (χ0) is 18.7. The summed E-state index contributed by atoms with van der Waals surface area (Å²) in [5.74, 6) is 1.58. The van der Waals surface area contributed by atoms with Gasteiger partial charge in [0.05, 0.1) is 0 Å². The summed E-state index contributed by atoms with van der Waals surface area (Å²) in [6.07, 6.45) is 1.23. The Bertz CT molecular complexity index is 726. The Morgan fingerprint density at radius 3 is 2.81 bits per heavy atom. The molecule has 0 saturated carbocycles. The first kappa shape index (κ1) is 18.7. The van der Waals surface area contributed by atoms with Crippen molar-refractivity contribution in [3.05, 3.63) is 42.1 Å². The van der Waals surface area contributed by atoms with Gasteiger partial charge in [0.15, 0.2) is 0 Å². The van der Waals surface area contributed by atoms with Crippen LogP contribution in [0.5, 0.6) is 0 Å². The monoisotopic (exact) mass is 367 g/mol. The number of likely N-dealkylation sites (N-methyl/N-ethyl adjacent to an activating group) is 1. The Hall–Kier alpha value is -2.09. The van der Waals surface area contributed by atoms with Crippen molar-refractivity contribution in [2.24, 2.45) is 0 Å². The van der Waals surface area contributed by atoms with Crippen molar-refractivity contribution in [1.82, 2.24) is 19.4 Å². The van der Waals surface area contributed by atoms with E-state index in [9.17, 15) is 13.2 Å². The van der Waals surface area contributed by atoms with Crippen LogP contribution in [0.1, 0.15) is 30.3 Å². The first-order chi connectivity index (χ1) is 12.3. The van der Waals surface area contributed by atoms with Gasteiger partial charge in [-0.25, -0.2) is 9.97 Å². The van der Waals surface area contributed by atoms with E-state index in [0.717, 1.165) is 37.8 Å². The lowest BCUT2D eigenvalue weighted by Gasteiger charge is -2.33. The topological polar surface area (TPSA) is 37.2 Å². The molecule has 0 aromatic carbocycles. The lowest BCUT2D eigenvalue weighted by atomic mass is 9.97. The van der Waals surface area contributed by atoms with Crippen LogP contribution in [0.3, 0.4) is 0 Å². The van der Waals surface area contributed by atoms with Gasteiger partial charge in [-0.1, -0.05) is 6.07 Å². The van der Waals surface area contributed by atoms with Crippen LogP contribution in [0, 0.1) is 0 Å². The largest absolute Gasteiger partial charge is 0.433 e. The maximum atomic E-state index is 12.9. The highest BCUT2D eigenvalue weighted by atomic mass is 19.4. The summed E-state index contributed by atoms with van der Waals surface area (Å²) < 4.78 is 41.0. The number of piperidine rings is 1. The third-order valence-electron chi connectivity index (χ3n) is 4.67. The number of hydrogen-bond donors (Lipinski definition) is 0. The molecule has 3 heterocycles. The molecule has 0 spiro atoms. The van der Waals surface area contributed by atoms with E-state index in [4.69, 9.17) is 0 Å². The van der Waals surface area contributed by atoms with Crippen molar-refractivity contribution in [2.45, 2.75) is 31.5 Å². The summed E-state index contributed by atoms with van der Waals surface area (Å²) in [5.41, 5.74) is -0.843. The number of halogens is 3. The molecule has 142 valence electrons. The Kier molecular flexibility index (Phi) is 5.50. The van der Waals surface area contributed by atoms with E-state index in [2.05, 4.69) is 19.4 Å². The van der Waals surface area contributed by atoms with Gasteiger partial charge in [-0.05, 0) is 39.1 Å². The number of rotatable bonds is 5. The highest BCUT2D eigenvalue weighted by molar-refractivity contribution is 5.41. The predicted octanol–water partition coefficient (Wildman–Crippen LogP) is 3.24. The van der Waals surface area contributed by atoms with Crippen LogP contribution >= 0.6 is 0 Å². The molecule has 2 aromatic rings. The van der Waals surface area contributed by atoms with Crippen molar-refractivity contribution in [1.29, 1.82) is 0 Å². The fraction of sp³-hybridized carbons (Fsp3) is 0.556. The molecule has 0 N–H and O–H groups in total. The van der Waals surface area contributed by atoms with Gasteiger partial charge in [0.25, 0.3) is 0 Å². The molecular formula is C18H24F3N5. The van der Waals surface area contributed by atoms with Crippen molar-refractivity contribution in [3.8, 4) is 0 Å². The number of imidazole rings is 1. The minimum absolute atomic E-state index is 0.192. The van der Waals surface area contributed by atoms with E-state index < -0.39 is 11.9 Å². The molecule has 1 unspecified atom stereocenters. The van der Waals surface area contributed by atoms with Gasteiger partial charge in [-0.3, -0.25) is 0 Å². The number of anilines is 1. The molecule has 1 fully saturated rings. The van der Waals surface area contributed by atoms with E-state index in [1.165, 1.54) is 6.07 Å². The van der Waals surface area contributed by atoms with Gasteiger partial charge < -0.3 is 14.4 Å². The van der Waals surface area contributed by atoms with Crippen molar-refractivity contribution in [2.75, 3.05) is 38.6 Å². The molecule has 8 heteroatoms. The molecule has 2 aromatic heterocycles. The average molecular weight is 367 g/mol. The first-order valence-corrected chi connectivity index (χ1v) is 8.79. The fourth-order valence-corrected chi connectivity index (χ4v) is 3.33. The van der Waals surface area contributed by atoms with E-state index in [1.807, 2.05) is 25.2 Å². The predicted molar refractivity (Wildman–Crippen MR) is 94.2 cm³/mol. The van der Waals surface area contributed by atoms with Crippen LogP contribution in [0.2, 0.25) is 0 Å². The summed E-state index contributed by atoms with van der Waals surface area (Å²) in [5, 5.41) is 0. The Labute approximate surface area is 151 Å². The Balaban J connectivity index is 1.75. The standard InChI is InChI=1S/C18H24F3N5/c1-24(2)11-12-25-10-8-22-17(25)14-5-4-9-26(13-14)16-7-3-6-15(23-16)18(19,20)21/h3,6-8,10,14H,4-5,9,11-13H2,1-2H3. The molecule has 0 aliphatic carbocycles. The molecule has 5 nitrogen and oxygen atoms in total. The lowest BCUT2D eigenvalue weighted by molar-refractivity contribution is -0.141. The third kappa shape index (κ3) is 4.35. The van der Waals surface area contributed by atoms with E-state index in [1.54, 1.807) is 12.3 Å². The molecular weight excluding hydrogens is 343 g/mol. The van der Waals surface area contributed by atoms with Gasteiger partial charge in [0.1, 0.15) is 17.3 Å². The Morgan fingerprint density at radius 1 is 1.27 bits per heavy atom. The molecule has 1 atom stereocenters. The average Bonchev–Trinajstić information content (AvgIpc) is 3.08. The number of alkyl halides is 3. The minimum atomic E-state index is -4.42. The molecule has 0 amide bonds. The molecule has 0 bridgehead atoms. The summed E-state index contributed by atoms with van der Waals surface area (Å²) in [7, 11) is 4.05. The highest BCUT2D eigenvalue weighted by Gasteiger charge is 2.33. The SMILES string of the molecule is CN(C)CCn1ccnc1C1CCCN(c2cccc(C(F)(F)F)n2)C1. The zero-order valence-electron chi connectivity index (χ0n) is 15.1. The summed E-state index contributed by atoms with van der Waals surface area (Å²) in [4.78, 5) is 12.4. The maximum Gasteiger partial charge on any atom is 0.433 e. The van der Waals surface area contributed by atoms with Crippen LogP contribution in [0.4, 0.5) is 19.0 Å². The van der Waals surface area contributed by atoms with E-state index >= 15 is 0 Å². The lowest BCUT2D eigenvalue weighted by Crippen LogP contribution is -2.36. The van der Waals surface area contributed by atoms with Gasteiger partial charge >= 0.3 is 6.18 Å². The van der Waals surface area contributed by atoms with Crippen LogP contribution < -0.4 is 4.90 Å². The maximum absolute atomic E-state index is 12.9. The van der Waals surface area contributed by atoms with Crippen molar-refractivity contribution < 1.29 is 13.2 Å². The number of hydrogen-bond acceptors (Lipinski definition) is 4. The van der Waals surface area contributed by atoms with Crippen molar-refractivity contribution in [3.63, 3.8) is 0 Å². The van der Waals surface area contributed by atoms with Crippen molar-refractivity contribution >= 4 is 5.82 Å². The summed E-state index contributed by atoms with van der Waals surface area (Å²) in [6.45, 7) is 3.10. The normalized spacial score (nSPS) is 18.5. The Morgan fingerprint density at radius 2 is 2.08 bits per heavy atom. The van der Waals surface area contributed by atoms with Crippen LogP contribution in [0.25, 0.3) is 0 Å². The minimum Gasteiger partial charge on any atom is -0.356 e. The number of aromatic nitrogens is 3. The van der Waals surface area contributed by atoms with Crippen LogP contribution in [-0.2, 0) is 12.7 Å². The zero-order valence-corrected chi connectivity index (χ0v) is 15.1. The number of pyridine rings is 1. The van der Waals surface area contributed by atoms with Gasteiger partial charge in [-0.2, -0.15) is 13.2 Å².